The third kappa shape index (κ3) is 7.33. The van der Waals surface area contributed by atoms with Crippen molar-refractivity contribution in [1.82, 2.24) is 9.97 Å². The molecule has 7 N–H and O–H groups in total. The number of hydrogen-bond acceptors (Lipinski definition) is 11. The average molecular weight is 500 g/mol. The van der Waals surface area contributed by atoms with Crippen molar-refractivity contribution >= 4 is 40.5 Å². The highest BCUT2D eigenvalue weighted by Crippen LogP contribution is 2.32. The average Bonchev–Trinajstić information content (AvgIpc) is 2.83. The first kappa shape index (κ1) is 26.9. The number of amides is 1. The predicted molar refractivity (Wildman–Crippen MR) is 124 cm³/mol. The van der Waals surface area contributed by atoms with Crippen molar-refractivity contribution in [2.24, 2.45) is 10.7 Å². The van der Waals surface area contributed by atoms with Gasteiger partial charge in [-0.15, -0.1) is 0 Å². The van der Waals surface area contributed by atoms with E-state index < -0.39 is 29.7 Å². The summed E-state index contributed by atoms with van der Waals surface area (Å²) in [7, 11) is 0. The number of carbonyl (C=O) groups is 3. The van der Waals surface area contributed by atoms with E-state index in [0.717, 1.165) is 0 Å². The second kappa shape index (κ2) is 11.7. The normalized spacial score (nSPS) is 18.1. The van der Waals surface area contributed by atoms with Gasteiger partial charge >= 0.3 is 11.9 Å². The van der Waals surface area contributed by atoms with Gasteiger partial charge in [0.25, 0.3) is 5.91 Å². The van der Waals surface area contributed by atoms with Crippen LogP contribution < -0.4 is 11.1 Å². The van der Waals surface area contributed by atoms with Gasteiger partial charge in [-0.05, 0) is 42.7 Å². The molecule has 1 aliphatic rings. The maximum Gasteiger partial charge on any atom is 0.335 e. The molecule has 0 radical (unpaired) electrons. The minimum atomic E-state index is -2.27. The van der Waals surface area contributed by atoms with E-state index in [1.54, 1.807) is 24.4 Å². The van der Waals surface area contributed by atoms with E-state index in [2.05, 4.69) is 20.3 Å². The summed E-state index contributed by atoms with van der Waals surface area (Å²) >= 11 is 1.35. The third-order valence-electron chi connectivity index (χ3n) is 4.39. The molecule has 3 atom stereocenters. The molecule has 0 aliphatic carbocycles. The third-order valence-corrected chi connectivity index (χ3v) is 5.00. The number of rotatable bonds is 6. The van der Waals surface area contributed by atoms with Gasteiger partial charge in [0.1, 0.15) is 17.3 Å². The number of amidine groups is 1. The molecule has 1 amide bonds. The molecule has 1 aliphatic heterocycles. The second-order valence-corrected chi connectivity index (χ2v) is 7.94. The molecule has 13 nitrogen and oxygen atoms in total. The van der Waals surface area contributed by atoms with Gasteiger partial charge in [-0.1, -0.05) is 11.8 Å². The van der Waals surface area contributed by atoms with Crippen LogP contribution in [0.25, 0.3) is 0 Å². The van der Waals surface area contributed by atoms with Crippen LogP contribution in [0.5, 0.6) is 0 Å². The number of anilines is 1. The van der Waals surface area contributed by atoms with Crippen LogP contribution in [0.3, 0.4) is 0 Å². The fourth-order valence-corrected chi connectivity index (χ4v) is 3.23. The first-order valence-corrected chi connectivity index (χ1v) is 10.5. The van der Waals surface area contributed by atoms with E-state index in [4.69, 9.17) is 31.4 Å². The molecule has 0 bridgehead atoms. The van der Waals surface area contributed by atoms with Crippen LogP contribution in [0.1, 0.15) is 28.7 Å². The second-order valence-electron chi connectivity index (χ2n) is 7.01. The number of thioether (sulfide) groups is 1. The lowest BCUT2D eigenvalue weighted by molar-refractivity contribution is -0.165. The summed E-state index contributed by atoms with van der Waals surface area (Å²) < 4.78 is 0. The molecule has 0 saturated heterocycles. The van der Waals surface area contributed by atoms with Crippen molar-refractivity contribution in [1.29, 1.82) is 5.26 Å². The number of carbonyl (C=O) groups excluding carboxylic acids is 1. The Kier molecular flexibility index (Phi) is 9.00. The Labute approximate surface area is 202 Å². The Morgan fingerprint density at radius 3 is 2.31 bits per heavy atom. The van der Waals surface area contributed by atoms with Crippen molar-refractivity contribution in [3.63, 3.8) is 0 Å². The molecular formula is C21H20N6O7S. The molecule has 3 heterocycles. The van der Waals surface area contributed by atoms with Gasteiger partial charge in [-0.2, -0.15) is 5.26 Å². The van der Waals surface area contributed by atoms with E-state index >= 15 is 0 Å². The Morgan fingerprint density at radius 1 is 1.14 bits per heavy atom. The number of carboxylic acids is 2. The lowest BCUT2D eigenvalue weighted by Gasteiger charge is -2.24. The molecule has 14 heteroatoms. The van der Waals surface area contributed by atoms with Crippen LogP contribution in [-0.4, -0.2) is 65.6 Å². The molecule has 182 valence electrons. The monoisotopic (exact) mass is 500 g/mol. The zero-order valence-corrected chi connectivity index (χ0v) is 18.9. The molecule has 3 rings (SSSR count). The van der Waals surface area contributed by atoms with E-state index in [-0.39, 0.29) is 11.6 Å². The van der Waals surface area contributed by atoms with Crippen LogP contribution in [0.4, 0.5) is 5.69 Å². The zero-order chi connectivity index (χ0) is 26.2. The predicted octanol–water partition coefficient (Wildman–Crippen LogP) is 0.268. The zero-order valence-electron chi connectivity index (χ0n) is 18.1. The molecule has 0 spiro atoms. The first-order valence-electron chi connectivity index (χ1n) is 9.62. The maximum absolute atomic E-state index is 12.3. The number of aliphatic imine (C=N–C) groups is 1. The smallest absolute Gasteiger partial charge is 0.335 e. The number of aliphatic hydroxyl groups excluding tert-OH is 2. The van der Waals surface area contributed by atoms with Gasteiger partial charge in [-0.25, -0.2) is 19.6 Å². The Bertz CT molecular complexity index is 1190. The summed E-state index contributed by atoms with van der Waals surface area (Å²) in [6, 6.07) is 8.44. The number of aromatic nitrogens is 2. The van der Waals surface area contributed by atoms with Gasteiger partial charge in [0.05, 0.1) is 11.3 Å². The van der Waals surface area contributed by atoms with E-state index in [1.807, 2.05) is 24.5 Å². The molecule has 2 aromatic rings. The summed E-state index contributed by atoms with van der Waals surface area (Å²) in [5, 5.41) is 46.4. The minimum absolute atomic E-state index is 0.222. The molecule has 0 fully saturated rings. The molecular weight excluding hydrogens is 480 g/mol. The van der Waals surface area contributed by atoms with Crippen molar-refractivity contribution < 1.29 is 34.8 Å². The number of carboxylic acid groups (broad SMARTS) is 2. The van der Waals surface area contributed by atoms with Crippen LogP contribution in [0.2, 0.25) is 0 Å². The lowest BCUT2D eigenvalue weighted by Crippen LogP contribution is -2.39. The minimum Gasteiger partial charge on any atom is -0.479 e. The van der Waals surface area contributed by atoms with Gasteiger partial charge in [0.15, 0.2) is 17.4 Å². The molecule has 0 aromatic carbocycles. The summed E-state index contributed by atoms with van der Waals surface area (Å²) in [6.07, 6.45) is 0.332. The SMILES string of the molecule is C[C@@]1(c2cc(NC(=O)c3ccc(C#N)cn3)ccn2)C=CSC(N)=N1.O=C(O)[C@H](O)[C@@H](O)C(=O)O. The number of nitrogens with one attached hydrogen (secondary N) is 1. The Balaban J connectivity index is 0.000000367. The van der Waals surface area contributed by atoms with Crippen molar-refractivity contribution in [2.75, 3.05) is 5.32 Å². The number of pyridine rings is 2. The lowest BCUT2D eigenvalue weighted by atomic mass is 9.98. The van der Waals surface area contributed by atoms with Gasteiger partial charge in [-0.3, -0.25) is 9.78 Å². The summed E-state index contributed by atoms with van der Waals surface area (Å²) in [4.78, 5) is 44.6. The first-order chi connectivity index (χ1) is 16.5. The topological polar surface area (TPSA) is 232 Å². The van der Waals surface area contributed by atoms with Gasteiger partial charge in [0.2, 0.25) is 0 Å². The number of nitriles is 1. The van der Waals surface area contributed by atoms with Crippen molar-refractivity contribution in [2.45, 2.75) is 24.7 Å². The molecule has 2 aromatic heterocycles. The van der Waals surface area contributed by atoms with Gasteiger partial charge < -0.3 is 31.5 Å². The number of aliphatic hydroxyl groups is 2. The number of aliphatic carboxylic acids is 2. The van der Waals surface area contributed by atoms with E-state index in [0.29, 0.717) is 22.1 Å². The van der Waals surface area contributed by atoms with Crippen LogP contribution in [0.15, 0.2) is 53.1 Å². The van der Waals surface area contributed by atoms with E-state index in [1.165, 1.54) is 24.0 Å². The summed E-state index contributed by atoms with van der Waals surface area (Å²) in [5.41, 5.74) is 6.98. The number of hydrogen-bond donors (Lipinski definition) is 6. The quantitative estimate of drug-likeness (QED) is 0.314. The maximum atomic E-state index is 12.3. The highest BCUT2D eigenvalue weighted by molar-refractivity contribution is 8.16. The summed E-state index contributed by atoms with van der Waals surface area (Å²) in [5.74, 6) is -3.91. The summed E-state index contributed by atoms with van der Waals surface area (Å²) in [6.45, 7) is 1.90. The molecule has 0 saturated carbocycles. The van der Waals surface area contributed by atoms with Crippen LogP contribution in [0, 0.1) is 11.3 Å². The Morgan fingerprint density at radius 2 is 1.80 bits per heavy atom. The highest BCUT2D eigenvalue weighted by atomic mass is 32.2. The number of nitrogens with two attached hydrogens (primary N) is 1. The highest BCUT2D eigenvalue weighted by Gasteiger charge is 2.29. The van der Waals surface area contributed by atoms with E-state index in [9.17, 15) is 14.4 Å². The van der Waals surface area contributed by atoms with Crippen molar-refractivity contribution in [3.05, 3.63) is 65.1 Å². The standard InChI is InChI=1S/C17H14N6OS.C4H6O6/c1-17(5-7-25-16(19)23-17)14-8-12(4-6-20-14)22-15(24)13-3-2-11(9-18)10-21-13;5-1(3(7)8)2(6)4(9)10/h2-8,10H,1H3,(H2,19,23)(H,20,22,24);1-2,5-6H,(H,7,8)(H,9,10)/t17-;1-,2-/m01/s1. The Hall–Kier alpha value is -4.32. The van der Waals surface area contributed by atoms with Gasteiger partial charge in [0, 0.05) is 18.1 Å². The molecule has 0 unspecified atom stereocenters. The largest absolute Gasteiger partial charge is 0.479 e. The number of nitrogens with zero attached hydrogens (tertiary/aromatic N) is 4. The van der Waals surface area contributed by atoms with Crippen molar-refractivity contribution in [3.8, 4) is 6.07 Å². The van der Waals surface area contributed by atoms with Crippen LogP contribution >= 0.6 is 11.8 Å². The molecule has 35 heavy (non-hydrogen) atoms. The fraction of sp³-hybridized carbons (Fsp3) is 0.190. The fourth-order valence-electron chi connectivity index (χ4n) is 2.52. The van der Waals surface area contributed by atoms with Crippen LogP contribution in [-0.2, 0) is 15.1 Å².